The van der Waals surface area contributed by atoms with Gasteiger partial charge in [-0.2, -0.15) is 0 Å². The van der Waals surface area contributed by atoms with Crippen LogP contribution in [0.3, 0.4) is 0 Å². The van der Waals surface area contributed by atoms with Crippen LogP contribution in [0.15, 0.2) is 139 Å². The zero-order chi connectivity index (χ0) is 43.1. The molecular weight excluding hydrogens is 836 g/mol. The Bertz CT molecular complexity index is 2420. The normalized spacial score (nSPS) is 17.9. The van der Waals surface area contributed by atoms with Crippen molar-refractivity contribution >= 4 is 30.6 Å². The molecule has 16 heteroatoms. The minimum atomic E-state index is -4.25. The smallest absolute Gasteiger partial charge is 0.422 e. The van der Waals surface area contributed by atoms with Crippen LogP contribution in [0.5, 0.6) is 28.7 Å². The SMILES string of the molecule is Cc1cccc(OP2(Oc3cccc(C)c3)=NP(Oc3cccc(C)c3)(Oc3cccc(C)c3)=NP(Oc3cccc(C)c3)(OC(C)C)=NP(OC(C)C)(OC(C)C)=N2)c1. The maximum atomic E-state index is 7.11. The van der Waals surface area contributed by atoms with Gasteiger partial charge in [-0.25, -0.2) is 0 Å². The summed E-state index contributed by atoms with van der Waals surface area (Å²) in [5.74, 6) is 2.14. The van der Waals surface area contributed by atoms with Crippen molar-refractivity contribution in [1.29, 1.82) is 0 Å². The van der Waals surface area contributed by atoms with Gasteiger partial charge in [0.2, 0.25) is 0 Å². The minimum absolute atomic E-state index is 0.421. The van der Waals surface area contributed by atoms with Gasteiger partial charge in [-0.3, -0.25) is 4.52 Å². The second-order valence-electron chi connectivity index (χ2n) is 15.3. The Balaban J connectivity index is 1.87. The van der Waals surface area contributed by atoms with Gasteiger partial charge in [0, 0.05) is 0 Å². The molecule has 1 aliphatic heterocycles. The number of nitrogens with zero attached hydrogens (tertiary/aromatic N) is 4. The molecule has 60 heavy (non-hydrogen) atoms. The van der Waals surface area contributed by atoms with Crippen molar-refractivity contribution in [3.8, 4) is 28.7 Å². The van der Waals surface area contributed by atoms with Crippen LogP contribution in [-0.2, 0) is 13.6 Å². The Kier molecular flexibility index (Phi) is 14.6. The maximum absolute atomic E-state index is 7.11. The van der Waals surface area contributed by atoms with E-state index in [1.807, 2.05) is 197 Å². The molecule has 1 atom stereocenters. The van der Waals surface area contributed by atoms with E-state index in [0.717, 1.165) is 27.8 Å². The highest BCUT2D eigenvalue weighted by molar-refractivity contribution is 7.79. The molecular formula is C44H56N4O8P4. The third kappa shape index (κ3) is 12.5. The lowest BCUT2D eigenvalue weighted by Gasteiger charge is -2.34. The molecule has 0 N–H and O–H groups in total. The topological polar surface area (TPSA) is 123 Å². The van der Waals surface area contributed by atoms with Gasteiger partial charge in [0.15, 0.2) is 0 Å². The first-order chi connectivity index (χ1) is 28.4. The molecule has 320 valence electrons. The first-order valence-corrected chi connectivity index (χ1v) is 26.0. The van der Waals surface area contributed by atoms with Crippen LogP contribution < -0.4 is 22.6 Å². The Morgan fingerprint density at radius 3 is 0.800 bits per heavy atom. The minimum Gasteiger partial charge on any atom is -0.422 e. The van der Waals surface area contributed by atoms with Gasteiger partial charge < -0.3 is 31.7 Å². The monoisotopic (exact) mass is 892 g/mol. The van der Waals surface area contributed by atoms with E-state index in [1.165, 1.54) is 0 Å². The lowest BCUT2D eigenvalue weighted by Crippen LogP contribution is -2.13. The van der Waals surface area contributed by atoms with Gasteiger partial charge in [-0.15, -0.1) is 13.5 Å². The van der Waals surface area contributed by atoms with E-state index >= 15 is 0 Å². The standard InChI is InChI=1S/C44H56N4O8P4/c1-32(2)49-57(50-33(3)4)45-58(51-34(5)6,52-40-22-12-17-35(7)27-40)47-60(55-43-25-15-20-38(10)30-43,56-44-26-16-21-39(11)31-44)48-59(46-57,53-41-23-13-18-36(8)28-41)54-42-24-14-19-37(9)29-42/h12-34H,1-11H3. The molecule has 1 unspecified atom stereocenters. The molecule has 0 saturated heterocycles. The summed E-state index contributed by atoms with van der Waals surface area (Å²) >= 11 is 0. The third-order valence-corrected chi connectivity index (χ3v) is 19.6. The van der Waals surface area contributed by atoms with Gasteiger partial charge in [-0.1, -0.05) is 65.2 Å². The summed E-state index contributed by atoms with van der Waals surface area (Å²) < 4.78 is 78.0. The molecule has 0 amide bonds. The van der Waals surface area contributed by atoms with Crippen molar-refractivity contribution in [3.05, 3.63) is 149 Å². The van der Waals surface area contributed by atoms with Crippen LogP contribution >= 0.6 is 30.6 Å². The maximum Gasteiger partial charge on any atom is 0.460 e. The fraction of sp³-hybridized carbons (Fsp3) is 0.318. The van der Waals surface area contributed by atoms with E-state index in [4.69, 9.17) is 54.3 Å². The first-order valence-electron chi connectivity index (χ1n) is 19.9. The zero-order valence-corrected chi connectivity index (χ0v) is 39.7. The summed E-state index contributed by atoms with van der Waals surface area (Å²) in [6.45, 7) is 21.2. The van der Waals surface area contributed by atoms with E-state index in [2.05, 4.69) is 0 Å². The Morgan fingerprint density at radius 2 is 0.533 bits per heavy atom. The Labute approximate surface area is 356 Å². The highest BCUT2D eigenvalue weighted by Gasteiger charge is 2.48. The van der Waals surface area contributed by atoms with E-state index in [9.17, 15) is 0 Å². The van der Waals surface area contributed by atoms with Crippen molar-refractivity contribution in [1.82, 2.24) is 0 Å². The van der Waals surface area contributed by atoms with Crippen molar-refractivity contribution in [3.63, 3.8) is 0 Å². The summed E-state index contributed by atoms with van der Waals surface area (Å²) in [6.07, 6.45) is -1.41. The molecule has 0 fully saturated rings. The summed E-state index contributed by atoms with van der Waals surface area (Å²) in [7, 11) is -16.5. The summed E-state index contributed by atoms with van der Waals surface area (Å²) in [4.78, 5) is 0. The molecule has 0 saturated carbocycles. The fourth-order valence-electron chi connectivity index (χ4n) is 5.91. The van der Waals surface area contributed by atoms with Crippen molar-refractivity contribution < 1.29 is 36.2 Å². The molecule has 0 spiro atoms. The van der Waals surface area contributed by atoms with Gasteiger partial charge in [0.05, 0.1) is 18.3 Å². The molecule has 5 aromatic rings. The van der Waals surface area contributed by atoms with E-state index in [-0.39, 0.29) is 0 Å². The lowest BCUT2D eigenvalue weighted by atomic mass is 10.2. The molecule has 5 aromatic carbocycles. The molecule has 1 aliphatic rings. The van der Waals surface area contributed by atoms with E-state index in [1.54, 1.807) is 0 Å². The van der Waals surface area contributed by atoms with Crippen molar-refractivity contribution in [2.24, 2.45) is 18.1 Å². The van der Waals surface area contributed by atoms with Crippen LogP contribution in [0.25, 0.3) is 0 Å². The number of rotatable bonds is 16. The molecule has 0 aromatic heterocycles. The summed E-state index contributed by atoms with van der Waals surface area (Å²) in [5, 5.41) is 0. The first kappa shape index (κ1) is 45.4. The number of aryl methyl sites for hydroxylation is 5. The molecule has 1 heterocycles. The predicted octanol–water partition coefficient (Wildman–Crippen LogP) is 16.0. The third-order valence-electron chi connectivity index (χ3n) is 8.02. The largest absolute Gasteiger partial charge is 0.460 e. The van der Waals surface area contributed by atoms with Crippen LogP contribution in [0, 0.1) is 34.6 Å². The van der Waals surface area contributed by atoms with Crippen molar-refractivity contribution in [2.75, 3.05) is 0 Å². The Hall–Kier alpha value is -4.10. The lowest BCUT2D eigenvalue weighted by molar-refractivity contribution is 0.168. The molecule has 0 bridgehead atoms. The number of benzene rings is 5. The van der Waals surface area contributed by atoms with Crippen molar-refractivity contribution in [2.45, 2.75) is 94.5 Å². The van der Waals surface area contributed by atoms with Crippen LogP contribution in [0.4, 0.5) is 0 Å². The zero-order valence-electron chi connectivity index (χ0n) is 36.1. The predicted molar refractivity (Wildman–Crippen MR) is 245 cm³/mol. The molecule has 0 radical (unpaired) electrons. The molecule has 12 nitrogen and oxygen atoms in total. The number of hydrogen-bond acceptors (Lipinski definition) is 12. The van der Waals surface area contributed by atoms with E-state index in [0.29, 0.717) is 28.7 Å². The summed E-state index contributed by atoms with van der Waals surface area (Å²) in [6, 6.07) is 37.9. The average Bonchev–Trinajstić information content (AvgIpc) is 3.10. The van der Waals surface area contributed by atoms with Crippen LogP contribution in [-0.4, -0.2) is 18.3 Å². The van der Waals surface area contributed by atoms with Crippen LogP contribution in [0.2, 0.25) is 0 Å². The fourth-order valence-corrected chi connectivity index (χ4v) is 18.6. The average molecular weight is 893 g/mol. The van der Waals surface area contributed by atoms with Gasteiger partial charge in [0.25, 0.3) is 0 Å². The van der Waals surface area contributed by atoms with E-state index < -0.39 is 48.9 Å². The van der Waals surface area contributed by atoms with Crippen LogP contribution in [0.1, 0.15) is 69.4 Å². The number of hydrogen-bond donors (Lipinski definition) is 0. The molecule has 0 aliphatic carbocycles. The summed E-state index contributed by atoms with van der Waals surface area (Å²) in [5.41, 5.74) is 4.70. The quantitative estimate of drug-likeness (QED) is 0.0897. The molecule has 6 rings (SSSR count). The second-order valence-corrected chi connectivity index (χ2v) is 23.7. The van der Waals surface area contributed by atoms with Gasteiger partial charge >= 0.3 is 30.6 Å². The highest BCUT2D eigenvalue weighted by atomic mass is 31.3. The van der Waals surface area contributed by atoms with Gasteiger partial charge in [-0.05, 0) is 165 Å². The Morgan fingerprint density at radius 1 is 0.317 bits per heavy atom. The second kappa shape index (κ2) is 19.3. The van der Waals surface area contributed by atoms with Gasteiger partial charge in [0.1, 0.15) is 28.7 Å². The highest BCUT2D eigenvalue weighted by Crippen LogP contribution is 2.80.